The fourth-order valence-corrected chi connectivity index (χ4v) is 1.14. The number of halogens is 2. The van der Waals surface area contributed by atoms with Crippen LogP contribution in [0.2, 0.25) is 0 Å². The second kappa shape index (κ2) is 5.09. The largest absolute Gasteiger partial charge is 0.394 e. The zero-order chi connectivity index (χ0) is 13.1. The van der Waals surface area contributed by atoms with Crippen molar-refractivity contribution in [1.82, 2.24) is 5.32 Å². The van der Waals surface area contributed by atoms with Crippen molar-refractivity contribution in [3.63, 3.8) is 0 Å². The third-order valence-electron chi connectivity index (χ3n) is 1.97. The van der Waals surface area contributed by atoms with Gasteiger partial charge < -0.3 is 15.7 Å². The van der Waals surface area contributed by atoms with Gasteiger partial charge >= 0.3 is 6.03 Å². The molecule has 0 radical (unpaired) electrons. The van der Waals surface area contributed by atoms with Crippen LogP contribution in [0.25, 0.3) is 0 Å². The Bertz CT molecular complexity index is 402. The molecular formula is C11H14F2N2O2. The number of carbonyl (C=O) groups is 1. The topological polar surface area (TPSA) is 61.4 Å². The summed E-state index contributed by atoms with van der Waals surface area (Å²) in [6.07, 6.45) is 0. The van der Waals surface area contributed by atoms with Crippen LogP contribution < -0.4 is 10.6 Å². The third kappa shape index (κ3) is 4.36. The van der Waals surface area contributed by atoms with Gasteiger partial charge in [-0.1, -0.05) is 0 Å². The molecule has 6 heteroatoms. The molecular weight excluding hydrogens is 230 g/mol. The zero-order valence-corrected chi connectivity index (χ0v) is 9.55. The Morgan fingerprint density at radius 3 is 2.29 bits per heavy atom. The Morgan fingerprint density at radius 2 is 1.82 bits per heavy atom. The van der Waals surface area contributed by atoms with Gasteiger partial charge in [0.05, 0.1) is 12.1 Å². The number of hydrogen-bond donors (Lipinski definition) is 3. The lowest BCUT2D eigenvalue weighted by Gasteiger charge is -2.23. The van der Waals surface area contributed by atoms with Gasteiger partial charge in [0.2, 0.25) is 0 Å². The average Bonchev–Trinajstić information content (AvgIpc) is 2.14. The molecule has 0 saturated heterocycles. The molecule has 0 unspecified atom stereocenters. The van der Waals surface area contributed by atoms with E-state index in [4.69, 9.17) is 5.11 Å². The predicted octanol–water partition coefficient (Wildman–Crippen LogP) is 1.86. The molecule has 4 nitrogen and oxygen atoms in total. The molecule has 1 aromatic rings. The standard InChI is InChI=1S/C11H14F2N2O2/c1-11(2,6-16)15-10(17)14-9-4-7(12)3-8(13)5-9/h3-5,16H,6H2,1-2H3,(H2,14,15,17). The van der Waals surface area contributed by atoms with Gasteiger partial charge in [0.15, 0.2) is 0 Å². The number of benzene rings is 1. The van der Waals surface area contributed by atoms with Crippen LogP contribution in [0.4, 0.5) is 19.3 Å². The minimum atomic E-state index is -0.810. The molecule has 1 rings (SSSR count). The van der Waals surface area contributed by atoms with Crippen molar-refractivity contribution >= 4 is 11.7 Å². The fourth-order valence-electron chi connectivity index (χ4n) is 1.14. The SMILES string of the molecule is CC(C)(CO)NC(=O)Nc1cc(F)cc(F)c1. The molecule has 0 aliphatic carbocycles. The minimum absolute atomic E-state index is 0.00809. The molecule has 94 valence electrons. The van der Waals surface area contributed by atoms with Crippen LogP contribution in [0.3, 0.4) is 0 Å². The van der Waals surface area contributed by atoms with E-state index in [9.17, 15) is 13.6 Å². The monoisotopic (exact) mass is 244 g/mol. The Hall–Kier alpha value is -1.69. The van der Waals surface area contributed by atoms with Crippen LogP contribution in [-0.2, 0) is 0 Å². The van der Waals surface area contributed by atoms with E-state index in [1.165, 1.54) is 0 Å². The van der Waals surface area contributed by atoms with Crippen molar-refractivity contribution < 1.29 is 18.7 Å². The highest BCUT2D eigenvalue weighted by atomic mass is 19.1. The van der Waals surface area contributed by atoms with E-state index in [1.54, 1.807) is 13.8 Å². The van der Waals surface area contributed by atoms with Gasteiger partial charge in [-0.05, 0) is 26.0 Å². The summed E-state index contributed by atoms with van der Waals surface area (Å²) in [4.78, 5) is 11.4. The second-order valence-corrected chi connectivity index (χ2v) is 4.28. The van der Waals surface area contributed by atoms with Crippen molar-refractivity contribution in [1.29, 1.82) is 0 Å². The maximum Gasteiger partial charge on any atom is 0.319 e. The van der Waals surface area contributed by atoms with E-state index in [1.807, 2.05) is 0 Å². The highest BCUT2D eigenvalue weighted by Crippen LogP contribution is 2.13. The number of amides is 2. The molecule has 0 heterocycles. The van der Waals surface area contributed by atoms with Gasteiger partial charge in [-0.2, -0.15) is 0 Å². The van der Waals surface area contributed by atoms with Crippen LogP contribution >= 0.6 is 0 Å². The van der Waals surface area contributed by atoms with Crippen molar-refractivity contribution in [3.8, 4) is 0 Å². The Morgan fingerprint density at radius 1 is 1.29 bits per heavy atom. The third-order valence-corrected chi connectivity index (χ3v) is 1.97. The van der Waals surface area contributed by atoms with Gasteiger partial charge in [-0.3, -0.25) is 0 Å². The summed E-state index contributed by atoms with van der Waals surface area (Å²) in [5.74, 6) is -1.55. The number of aliphatic hydroxyl groups excluding tert-OH is 1. The molecule has 0 aliphatic rings. The Kier molecular flexibility index (Phi) is 4.01. The number of aliphatic hydroxyl groups is 1. The first-order chi connectivity index (χ1) is 7.82. The Labute approximate surface area is 97.6 Å². The van der Waals surface area contributed by atoms with Crippen molar-refractivity contribution in [2.75, 3.05) is 11.9 Å². The molecule has 0 aromatic heterocycles. The van der Waals surface area contributed by atoms with Crippen LogP contribution in [-0.4, -0.2) is 23.3 Å². The molecule has 17 heavy (non-hydrogen) atoms. The van der Waals surface area contributed by atoms with E-state index in [-0.39, 0.29) is 12.3 Å². The lowest BCUT2D eigenvalue weighted by Crippen LogP contribution is -2.48. The number of nitrogens with one attached hydrogen (secondary N) is 2. The minimum Gasteiger partial charge on any atom is -0.394 e. The van der Waals surface area contributed by atoms with Gasteiger partial charge in [-0.15, -0.1) is 0 Å². The number of carbonyl (C=O) groups excluding carboxylic acids is 1. The maximum absolute atomic E-state index is 12.8. The molecule has 3 N–H and O–H groups in total. The van der Waals surface area contributed by atoms with Crippen LogP contribution in [0.1, 0.15) is 13.8 Å². The van der Waals surface area contributed by atoms with Crippen LogP contribution in [0, 0.1) is 11.6 Å². The van der Waals surface area contributed by atoms with Gasteiger partial charge in [0.1, 0.15) is 11.6 Å². The molecule has 2 amide bonds. The molecule has 0 spiro atoms. The molecule has 0 atom stereocenters. The highest BCUT2D eigenvalue weighted by Gasteiger charge is 2.19. The average molecular weight is 244 g/mol. The summed E-state index contributed by atoms with van der Waals surface area (Å²) in [6.45, 7) is 2.97. The van der Waals surface area contributed by atoms with E-state index < -0.39 is 23.2 Å². The van der Waals surface area contributed by atoms with Crippen LogP contribution in [0.5, 0.6) is 0 Å². The summed E-state index contributed by atoms with van der Waals surface area (Å²) in [5.41, 5.74) is -0.801. The zero-order valence-electron chi connectivity index (χ0n) is 9.55. The summed E-state index contributed by atoms with van der Waals surface area (Å²) in [5, 5.41) is 13.7. The number of rotatable bonds is 3. The molecule has 1 aromatic carbocycles. The normalized spacial score (nSPS) is 11.1. The maximum atomic E-state index is 12.8. The molecule has 0 fully saturated rings. The summed E-state index contributed by atoms with van der Waals surface area (Å²) < 4.78 is 25.7. The first kappa shape index (κ1) is 13.4. The summed E-state index contributed by atoms with van der Waals surface area (Å²) in [7, 11) is 0. The van der Waals surface area contributed by atoms with E-state index in [0.29, 0.717) is 6.07 Å². The predicted molar refractivity (Wildman–Crippen MR) is 59.7 cm³/mol. The highest BCUT2D eigenvalue weighted by molar-refractivity contribution is 5.89. The first-order valence-electron chi connectivity index (χ1n) is 4.98. The quantitative estimate of drug-likeness (QED) is 0.760. The summed E-state index contributed by atoms with van der Waals surface area (Å²) in [6, 6.07) is 2.05. The molecule has 0 aliphatic heterocycles. The Balaban J connectivity index is 2.68. The number of hydrogen-bond acceptors (Lipinski definition) is 2. The number of urea groups is 1. The first-order valence-corrected chi connectivity index (χ1v) is 4.98. The van der Waals surface area contributed by atoms with Crippen molar-refractivity contribution in [2.24, 2.45) is 0 Å². The lowest BCUT2D eigenvalue weighted by atomic mass is 10.1. The van der Waals surface area contributed by atoms with Gasteiger partial charge in [0.25, 0.3) is 0 Å². The van der Waals surface area contributed by atoms with Crippen molar-refractivity contribution in [3.05, 3.63) is 29.8 Å². The molecule has 0 saturated carbocycles. The van der Waals surface area contributed by atoms with Crippen molar-refractivity contribution in [2.45, 2.75) is 19.4 Å². The van der Waals surface area contributed by atoms with E-state index in [0.717, 1.165) is 12.1 Å². The van der Waals surface area contributed by atoms with Crippen LogP contribution in [0.15, 0.2) is 18.2 Å². The smallest absolute Gasteiger partial charge is 0.319 e. The lowest BCUT2D eigenvalue weighted by molar-refractivity contribution is 0.187. The summed E-state index contributed by atoms with van der Waals surface area (Å²) >= 11 is 0. The number of anilines is 1. The van der Waals surface area contributed by atoms with E-state index in [2.05, 4.69) is 10.6 Å². The molecule has 0 bridgehead atoms. The van der Waals surface area contributed by atoms with E-state index >= 15 is 0 Å². The second-order valence-electron chi connectivity index (χ2n) is 4.28. The van der Waals surface area contributed by atoms with Gasteiger partial charge in [-0.25, -0.2) is 13.6 Å². The fraction of sp³-hybridized carbons (Fsp3) is 0.364. The van der Waals surface area contributed by atoms with Gasteiger partial charge in [0, 0.05) is 11.8 Å².